The Labute approximate surface area is 159 Å². The van der Waals surface area contributed by atoms with E-state index in [0.29, 0.717) is 30.8 Å². The van der Waals surface area contributed by atoms with Gasteiger partial charge < -0.3 is 10.6 Å². The molecule has 0 saturated heterocycles. The Hall–Kier alpha value is -3.62. The van der Waals surface area contributed by atoms with Crippen molar-refractivity contribution in [2.24, 2.45) is 0 Å². The van der Waals surface area contributed by atoms with E-state index in [4.69, 9.17) is 0 Å². The number of nitrogens with zero attached hydrogens (tertiary/aromatic N) is 4. The second kappa shape index (κ2) is 7.55. The van der Waals surface area contributed by atoms with Crippen molar-refractivity contribution in [3.8, 4) is 0 Å². The number of fused-ring (bicyclic) bond motifs is 1. The molecule has 1 aliphatic heterocycles. The van der Waals surface area contributed by atoms with Crippen molar-refractivity contribution in [1.82, 2.24) is 25.1 Å². The largest absolute Gasteiger partial charge is 0.342 e. The van der Waals surface area contributed by atoms with Crippen molar-refractivity contribution in [2.75, 3.05) is 5.32 Å². The Balaban J connectivity index is 1.41. The Kier molecular flexibility index (Phi) is 4.79. The molecule has 28 heavy (non-hydrogen) atoms. The number of anilines is 1. The van der Waals surface area contributed by atoms with Gasteiger partial charge in [0.05, 0.1) is 11.9 Å². The van der Waals surface area contributed by atoms with Gasteiger partial charge in [-0.25, -0.2) is 14.2 Å². The van der Waals surface area contributed by atoms with E-state index < -0.39 is 12.1 Å². The molecule has 2 N–H and O–H groups in total. The van der Waals surface area contributed by atoms with Crippen LogP contribution in [0.2, 0.25) is 0 Å². The fourth-order valence-electron chi connectivity index (χ4n) is 3.07. The monoisotopic (exact) mass is 380 g/mol. The number of benzene rings is 1. The Morgan fingerprint density at radius 2 is 2.14 bits per heavy atom. The molecule has 3 aromatic rings. The van der Waals surface area contributed by atoms with Gasteiger partial charge in [0.1, 0.15) is 11.9 Å². The van der Waals surface area contributed by atoms with E-state index in [1.165, 1.54) is 18.3 Å². The number of hydrogen-bond acceptors (Lipinski definition) is 5. The second-order valence-corrected chi connectivity index (χ2v) is 6.48. The molecule has 4 rings (SSSR count). The topological polar surface area (TPSA) is 102 Å². The Morgan fingerprint density at radius 1 is 1.29 bits per heavy atom. The molecule has 3 heterocycles. The minimum absolute atomic E-state index is 0.313. The van der Waals surface area contributed by atoms with Crippen LogP contribution in [0.1, 0.15) is 23.2 Å². The highest BCUT2D eigenvalue weighted by Gasteiger charge is 2.26. The van der Waals surface area contributed by atoms with Gasteiger partial charge in [0.25, 0.3) is 0 Å². The number of halogens is 1. The van der Waals surface area contributed by atoms with E-state index in [0.717, 1.165) is 15.8 Å². The lowest BCUT2D eigenvalue weighted by Crippen LogP contribution is -2.45. The molecule has 1 atom stereocenters. The molecule has 0 spiro atoms. The van der Waals surface area contributed by atoms with Crippen molar-refractivity contribution < 1.29 is 14.0 Å². The summed E-state index contributed by atoms with van der Waals surface area (Å²) in [5.74, 6) is -0.243. The number of aromatic nitrogens is 4. The summed E-state index contributed by atoms with van der Waals surface area (Å²) in [5, 5.41) is 9.40. The summed E-state index contributed by atoms with van der Waals surface area (Å²) in [6.07, 6.45) is 7.53. The first kappa shape index (κ1) is 17.8. The number of amides is 2. The Bertz CT molecular complexity index is 1030. The summed E-state index contributed by atoms with van der Waals surface area (Å²) in [6, 6.07) is 5.01. The lowest BCUT2D eigenvalue weighted by atomic mass is 10.1. The maximum Gasteiger partial charge on any atom is 0.342 e. The predicted octanol–water partition coefficient (Wildman–Crippen LogP) is 1.91. The first-order valence-corrected chi connectivity index (χ1v) is 8.78. The van der Waals surface area contributed by atoms with Gasteiger partial charge in [-0.3, -0.25) is 9.78 Å². The molecule has 0 aliphatic carbocycles. The molecule has 142 valence electrons. The first-order valence-electron chi connectivity index (χ1n) is 8.78. The maximum atomic E-state index is 13.3. The lowest BCUT2D eigenvalue weighted by Gasteiger charge is -2.14. The zero-order valence-electron chi connectivity index (χ0n) is 14.8. The van der Waals surface area contributed by atoms with Crippen LogP contribution in [0.25, 0.3) is 0 Å². The number of aryl methyl sites for hydroxylation is 1. The summed E-state index contributed by atoms with van der Waals surface area (Å²) < 4.78 is 14.4. The minimum Gasteiger partial charge on any atom is -0.324 e. The maximum absolute atomic E-state index is 13.3. The fourth-order valence-corrected chi connectivity index (χ4v) is 3.07. The molecule has 9 heteroatoms. The van der Waals surface area contributed by atoms with Crippen LogP contribution in [0, 0.1) is 5.82 Å². The molecular formula is C19H17FN6O2. The molecular weight excluding hydrogens is 363 g/mol. The van der Waals surface area contributed by atoms with Crippen LogP contribution in [-0.4, -0.2) is 37.7 Å². The van der Waals surface area contributed by atoms with Gasteiger partial charge >= 0.3 is 6.03 Å². The molecule has 1 aromatic carbocycles. The fraction of sp³-hybridized carbons (Fsp3) is 0.211. The SMILES string of the molecule is O=C1Nc2nccnc2CC[C@H]1NC(=O)n1cc(Cc2cccc(F)c2)cn1. The van der Waals surface area contributed by atoms with E-state index in [1.54, 1.807) is 30.7 Å². The summed E-state index contributed by atoms with van der Waals surface area (Å²) in [5.41, 5.74) is 2.22. The van der Waals surface area contributed by atoms with Crippen molar-refractivity contribution in [1.29, 1.82) is 0 Å². The minimum atomic E-state index is -0.723. The normalized spacial score (nSPS) is 16.0. The van der Waals surface area contributed by atoms with Crippen LogP contribution in [-0.2, 0) is 17.6 Å². The Morgan fingerprint density at radius 3 is 3.00 bits per heavy atom. The third-order valence-electron chi connectivity index (χ3n) is 4.44. The summed E-state index contributed by atoms with van der Waals surface area (Å²) >= 11 is 0. The van der Waals surface area contributed by atoms with Crippen LogP contribution in [0.5, 0.6) is 0 Å². The van der Waals surface area contributed by atoms with Crippen LogP contribution >= 0.6 is 0 Å². The number of carbonyl (C=O) groups excluding carboxylic acids is 2. The van der Waals surface area contributed by atoms with Gasteiger partial charge in [0.2, 0.25) is 5.91 Å². The van der Waals surface area contributed by atoms with Gasteiger partial charge in [-0.05, 0) is 36.1 Å². The molecule has 0 bridgehead atoms. The second-order valence-electron chi connectivity index (χ2n) is 6.48. The van der Waals surface area contributed by atoms with Crippen LogP contribution < -0.4 is 10.6 Å². The highest BCUT2D eigenvalue weighted by molar-refractivity contribution is 5.97. The third kappa shape index (κ3) is 3.88. The zero-order chi connectivity index (χ0) is 19.5. The van der Waals surface area contributed by atoms with E-state index >= 15 is 0 Å². The highest BCUT2D eigenvalue weighted by atomic mass is 19.1. The van der Waals surface area contributed by atoms with Gasteiger partial charge in [-0.2, -0.15) is 9.78 Å². The van der Waals surface area contributed by atoms with Gasteiger partial charge in [0.15, 0.2) is 5.82 Å². The molecule has 8 nitrogen and oxygen atoms in total. The first-order chi connectivity index (χ1) is 13.6. The average Bonchev–Trinajstić information content (AvgIpc) is 3.08. The lowest BCUT2D eigenvalue weighted by molar-refractivity contribution is -0.118. The van der Waals surface area contributed by atoms with Crippen molar-refractivity contribution in [2.45, 2.75) is 25.3 Å². The molecule has 0 radical (unpaired) electrons. The molecule has 2 amide bonds. The third-order valence-corrected chi connectivity index (χ3v) is 4.44. The van der Waals surface area contributed by atoms with E-state index in [-0.39, 0.29) is 11.7 Å². The van der Waals surface area contributed by atoms with E-state index in [2.05, 4.69) is 25.7 Å². The summed E-state index contributed by atoms with van der Waals surface area (Å²) in [6.45, 7) is 0. The molecule has 2 aromatic heterocycles. The van der Waals surface area contributed by atoms with Crippen LogP contribution in [0.3, 0.4) is 0 Å². The summed E-state index contributed by atoms with van der Waals surface area (Å²) in [4.78, 5) is 33.1. The van der Waals surface area contributed by atoms with Gasteiger partial charge in [0, 0.05) is 25.0 Å². The average molecular weight is 380 g/mol. The number of rotatable bonds is 3. The summed E-state index contributed by atoms with van der Waals surface area (Å²) in [7, 11) is 0. The predicted molar refractivity (Wildman–Crippen MR) is 98.1 cm³/mol. The molecule has 0 fully saturated rings. The van der Waals surface area contributed by atoms with E-state index in [1.807, 2.05) is 0 Å². The van der Waals surface area contributed by atoms with Crippen LogP contribution in [0.15, 0.2) is 49.1 Å². The number of hydrogen-bond donors (Lipinski definition) is 2. The van der Waals surface area contributed by atoms with Crippen molar-refractivity contribution in [3.63, 3.8) is 0 Å². The number of carbonyl (C=O) groups is 2. The van der Waals surface area contributed by atoms with Crippen molar-refractivity contribution in [3.05, 3.63) is 71.7 Å². The molecule has 0 unspecified atom stereocenters. The smallest absolute Gasteiger partial charge is 0.324 e. The van der Waals surface area contributed by atoms with Gasteiger partial charge in [-0.1, -0.05) is 12.1 Å². The molecule has 1 aliphatic rings. The standard InChI is InChI=1S/C19H17FN6O2/c20-14-3-1-2-12(9-14)8-13-10-23-26(11-13)19(28)24-16-5-4-15-17(25-18(16)27)22-7-6-21-15/h1-3,6-7,9-11,16H,4-5,8H2,(H,24,28)(H,22,25,27)/t16-/m1/s1. The highest BCUT2D eigenvalue weighted by Crippen LogP contribution is 2.17. The van der Waals surface area contributed by atoms with Crippen LogP contribution in [0.4, 0.5) is 15.0 Å². The quantitative estimate of drug-likeness (QED) is 0.723. The zero-order valence-corrected chi connectivity index (χ0v) is 14.8. The number of nitrogens with one attached hydrogen (secondary N) is 2. The van der Waals surface area contributed by atoms with Gasteiger partial charge in [-0.15, -0.1) is 0 Å². The van der Waals surface area contributed by atoms with E-state index in [9.17, 15) is 14.0 Å². The molecule has 0 saturated carbocycles. The van der Waals surface area contributed by atoms with Crippen molar-refractivity contribution >= 4 is 17.8 Å².